The number of aliphatic carboxylic acids is 1. The second kappa shape index (κ2) is 8.67. The number of hydrogen-bond acceptors (Lipinski definition) is 6. The van der Waals surface area contributed by atoms with E-state index in [0.717, 1.165) is 24.8 Å². The van der Waals surface area contributed by atoms with Gasteiger partial charge in [-0.25, -0.2) is 0 Å². The number of carboxylic acid groups (broad SMARTS) is 1. The highest BCUT2D eigenvalue weighted by molar-refractivity contribution is 6.02. The molecule has 32 heavy (non-hydrogen) atoms. The molecule has 4 aliphatic rings. The number of aliphatic hydroxyl groups excluding tert-OH is 1. The van der Waals surface area contributed by atoms with Crippen molar-refractivity contribution in [1.29, 1.82) is 0 Å². The molecule has 0 aromatic rings. The number of hydrogen-bond donors (Lipinski definition) is 3. The van der Waals surface area contributed by atoms with Crippen LogP contribution in [0, 0.1) is 28.6 Å². The molecule has 0 radical (unpaired) electrons. The van der Waals surface area contributed by atoms with Gasteiger partial charge in [-0.15, -0.1) is 0 Å². The lowest BCUT2D eigenvalue weighted by atomic mass is 9.46. The van der Waals surface area contributed by atoms with Gasteiger partial charge in [0.2, 0.25) is 0 Å². The van der Waals surface area contributed by atoms with Crippen molar-refractivity contribution in [3.63, 3.8) is 0 Å². The van der Waals surface area contributed by atoms with E-state index in [0.29, 0.717) is 19.3 Å². The Labute approximate surface area is 188 Å². The summed E-state index contributed by atoms with van der Waals surface area (Å²) in [5.74, 6) is -1.30. The number of carbonyl (C=O) groups excluding carboxylic acids is 3. The molecule has 4 rings (SSSR count). The third-order valence-corrected chi connectivity index (χ3v) is 8.48. The third-order valence-electron chi connectivity index (χ3n) is 8.48. The molecule has 0 spiro atoms. The Morgan fingerprint density at radius 1 is 1.19 bits per heavy atom. The normalized spacial score (nSPS) is 39.8. The number of rotatable bonds is 4. The quantitative estimate of drug-likeness (QED) is 0.605. The lowest BCUT2D eigenvalue weighted by Crippen LogP contribution is -2.60. The highest BCUT2D eigenvalue weighted by atomic mass is 16.4. The van der Waals surface area contributed by atoms with Crippen LogP contribution in [-0.2, 0) is 19.2 Å². The van der Waals surface area contributed by atoms with E-state index in [9.17, 15) is 29.4 Å². The van der Waals surface area contributed by atoms with E-state index in [1.807, 2.05) is 26.8 Å². The number of aliphatic hydroxyl groups is 2. The molecule has 0 amide bonds. The zero-order chi connectivity index (χ0) is 23.9. The van der Waals surface area contributed by atoms with Gasteiger partial charge in [0.25, 0.3) is 0 Å². The minimum Gasteiger partial charge on any atom is -0.481 e. The fourth-order valence-electron chi connectivity index (χ4n) is 6.84. The Balaban J connectivity index is 0.000000427. The molecule has 0 heterocycles. The van der Waals surface area contributed by atoms with Gasteiger partial charge in [-0.05, 0) is 56.1 Å². The van der Waals surface area contributed by atoms with Crippen molar-refractivity contribution in [1.82, 2.24) is 0 Å². The van der Waals surface area contributed by atoms with Crippen LogP contribution < -0.4 is 0 Å². The lowest BCUT2D eigenvalue weighted by molar-refractivity contribution is -0.168. The van der Waals surface area contributed by atoms with Crippen molar-refractivity contribution in [2.45, 2.75) is 71.3 Å². The van der Waals surface area contributed by atoms with Crippen molar-refractivity contribution >= 4 is 23.3 Å². The first-order chi connectivity index (χ1) is 14.9. The third kappa shape index (κ3) is 3.69. The second-order valence-corrected chi connectivity index (χ2v) is 10.2. The van der Waals surface area contributed by atoms with Crippen LogP contribution in [0.1, 0.15) is 65.7 Å². The Kier molecular flexibility index (Phi) is 6.64. The standard InChI is InChI=1S/C21H26O5.C4H8O2/c1-19-7-5-13(23)9-12(19)3-4-14-15-6-8-21(26,17(25)11-22)20(15,2)10-16(24)18(14)19;1-2-3-4(5)6/h5,7,9,14-15,18,22,26H,3-4,6,8,10-11H2,1-2H3;2-3H2,1H3,(H,5,6)/t14-,15-,18+,19-,20-,21-;/m0./s1. The maximum absolute atomic E-state index is 13.3. The first-order valence-electron chi connectivity index (χ1n) is 11.5. The van der Waals surface area contributed by atoms with Gasteiger partial charge >= 0.3 is 5.97 Å². The predicted molar refractivity (Wildman–Crippen MR) is 117 cm³/mol. The van der Waals surface area contributed by atoms with Crippen LogP contribution in [0.5, 0.6) is 0 Å². The average Bonchev–Trinajstić information content (AvgIpc) is 2.99. The van der Waals surface area contributed by atoms with Gasteiger partial charge in [-0.2, -0.15) is 0 Å². The predicted octanol–water partition coefficient (Wildman–Crippen LogP) is 2.64. The van der Waals surface area contributed by atoms with Crippen molar-refractivity contribution in [2.24, 2.45) is 28.6 Å². The van der Waals surface area contributed by atoms with Crippen LogP contribution in [0.4, 0.5) is 0 Å². The number of fused-ring (bicyclic) bond motifs is 5. The van der Waals surface area contributed by atoms with E-state index in [1.165, 1.54) is 0 Å². The summed E-state index contributed by atoms with van der Waals surface area (Å²) in [6.45, 7) is 5.03. The molecule has 0 aromatic carbocycles. The van der Waals surface area contributed by atoms with Crippen LogP contribution in [0.3, 0.4) is 0 Å². The van der Waals surface area contributed by atoms with Gasteiger partial charge in [0.05, 0.1) is 0 Å². The van der Waals surface area contributed by atoms with E-state index in [4.69, 9.17) is 5.11 Å². The summed E-state index contributed by atoms with van der Waals surface area (Å²) in [5.41, 5.74) is -1.86. The number of carboxylic acids is 1. The molecule has 0 aliphatic heterocycles. The summed E-state index contributed by atoms with van der Waals surface area (Å²) >= 11 is 0. The maximum atomic E-state index is 13.3. The fraction of sp³-hybridized carbons (Fsp3) is 0.680. The van der Waals surface area contributed by atoms with Crippen molar-refractivity contribution in [3.05, 3.63) is 23.8 Å². The average molecular weight is 447 g/mol. The van der Waals surface area contributed by atoms with E-state index in [2.05, 4.69) is 0 Å². The molecule has 0 saturated heterocycles. The molecule has 3 fully saturated rings. The Bertz CT molecular complexity index is 887. The van der Waals surface area contributed by atoms with Crippen molar-refractivity contribution < 1.29 is 34.5 Å². The van der Waals surface area contributed by atoms with Gasteiger partial charge in [0.15, 0.2) is 11.6 Å². The Morgan fingerprint density at radius 3 is 2.44 bits per heavy atom. The second-order valence-electron chi connectivity index (χ2n) is 10.2. The van der Waals surface area contributed by atoms with Crippen LogP contribution in [0.15, 0.2) is 23.8 Å². The van der Waals surface area contributed by atoms with Gasteiger partial charge in [-0.1, -0.05) is 32.4 Å². The minimum absolute atomic E-state index is 0.0206. The molecule has 3 N–H and O–H groups in total. The fourth-order valence-corrected chi connectivity index (χ4v) is 6.84. The SMILES string of the molecule is CCCC(=O)O.C[C@]12C=CC(=O)C=C1CC[C@@H]1[C@@H]2C(=O)C[C@@]2(C)[C@H]1CC[C@]2(O)C(=O)CO. The van der Waals surface area contributed by atoms with Gasteiger partial charge in [0, 0.05) is 29.6 Å². The summed E-state index contributed by atoms with van der Waals surface area (Å²) < 4.78 is 0. The molecule has 4 aliphatic carbocycles. The minimum atomic E-state index is -1.62. The molecule has 7 heteroatoms. The van der Waals surface area contributed by atoms with E-state index in [-0.39, 0.29) is 35.7 Å². The highest BCUT2D eigenvalue weighted by Crippen LogP contribution is 2.66. The van der Waals surface area contributed by atoms with Crippen molar-refractivity contribution in [2.75, 3.05) is 6.61 Å². The topological polar surface area (TPSA) is 129 Å². The van der Waals surface area contributed by atoms with Crippen molar-refractivity contribution in [3.8, 4) is 0 Å². The van der Waals surface area contributed by atoms with Gasteiger partial charge < -0.3 is 15.3 Å². The summed E-state index contributed by atoms with van der Waals surface area (Å²) in [6, 6.07) is 0. The summed E-state index contributed by atoms with van der Waals surface area (Å²) in [5, 5.41) is 28.4. The highest BCUT2D eigenvalue weighted by Gasteiger charge is 2.68. The molecule has 3 saturated carbocycles. The maximum Gasteiger partial charge on any atom is 0.303 e. The number of allylic oxidation sites excluding steroid dienone is 4. The van der Waals surface area contributed by atoms with E-state index >= 15 is 0 Å². The Morgan fingerprint density at radius 2 is 1.88 bits per heavy atom. The van der Waals surface area contributed by atoms with E-state index < -0.39 is 34.8 Å². The molecular formula is C25H34O7. The lowest BCUT2D eigenvalue weighted by Gasteiger charge is -2.56. The van der Waals surface area contributed by atoms with Gasteiger partial charge in [-0.3, -0.25) is 19.2 Å². The van der Waals surface area contributed by atoms with Crippen LogP contribution in [0.2, 0.25) is 0 Å². The Hall–Kier alpha value is -2.12. The van der Waals surface area contributed by atoms with Crippen LogP contribution >= 0.6 is 0 Å². The monoisotopic (exact) mass is 446 g/mol. The molecule has 0 aromatic heterocycles. The number of Topliss-reactive ketones (excluding diaryl/α,β-unsaturated/α-hetero) is 2. The molecule has 7 nitrogen and oxygen atoms in total. The summed E-state index contributed by atoms with van der Waals surface area (Å²) in [4.78, 5) is 47.0. The smallest absolute Gasteiger partial charge is 0.303 e. The molecule has 0 unspecified atom stereocenters. The zero-order valence-electron chi connectivity index (χ0n) is 19.1. The van der Waals surface area contributed by atoms with Crippen LogP contribution in [-0.4, -0.2) is 50.8 Å². The van der Waals surface area contributed by atoms with Gasteiger partial charge in [0.1, 0.15) is 18.0 Å². The van der Waals surface area contributed by atoms with E-state index in [1.54, 1.807) is 12.2 Å². The molecule has 6 atom stereocenters. The summed E-state index contributed by atoms with van der Waals surface area (Å²) in [6.07, 6.45) is 8.85. The molecule has 0 bridgehead atoms. The molecular weight excluding hydrogens is 412 g/mol. The zero-order valence-corrected chi connectivity index (χ0v) is 19.1. The van der Waals surface area contributed by atoms with Crippen LogP contribution in [0.25, 0.3) is 0 Å². The number of carbonyl (C=O) groups is 4. The largest absolute Gasteiger partial charge is 0.481 e. The first-order valence-corrected chi connectivity index (χ1v) is 11.5. The molecule has 176 valence electrons. The first kappa shape index (κ1) is 24.5. The number of ketones is 3. The summed E-state index contributed by atoms with van der Waals surface area (Å²) in [7, 11) is 0.